The molecule has 0 saturated heterocycles. The second-order valence-corrected chi connectivity index (χ2v) is 8.23. The summed E-state index contributed by atoms with van der Waals surface area (Å²) in [5, 5.41) is 2.70. The number of ether oxygens (including phenoxy) is 2. The van der Waals surface area contributed by atoms with Gasteiger partial charge in [0.15, 0.2) is 11.5 Å². The van der Waals surface area contributed by atoms with Crippen LogP contribution in [0.1, 0.15) is 29.5 Å². The van der Waals surface area contributed by atoms with Crippen LogP contribution in [-0.4, -0.2) is 12.7 Å². The Morgan fingerprint density at radius 3 is 2.47 bits per heavy atom. The van der Waals surface area contributed by atoms with Gasteiger partial charge in [-0.2, -0.15) is 13.2 Å². The summed E-state index contributed by atoms with van der Waals surface area (Å²) < 4.78 is 52.3. The lowest BCUT2D eigenvalue weighted by Crippen LogP contribution is -2.28. The second kappa shape index (κ2) is 7.29. The van der Waals surface area contributed by atoms with Crippen LogP contribution in [0.4, 0.5) is 18.9 Å². The first-order valence-corrected chi connectivity index (χ1v) is 10.3. The van der Waals surface area contributed by atoms with Crippen molar-refractivity contribution in [3.63, 3.8) is 0 Å². The monoisotopic (exact) mass is 439 g/mol. The molecule has 7 heteroatoms. The molecular formula is C25H20F3NO3. The number of rotatable bonds is 4. The number of carbonyl (C=O) groups excluding carboxylic acids is 1. The first kappa shape index (κ1) is 20.4. The summed E-state index contributed by atoms with van der Waals surface area (Å²) in [4.78, 5) is 13.1. The lowest BCUT2D eigenvalue weighted by molar-refractivity contribution is -0.137. The molecule has 1 amide bonds. The molecule has 5 rings (SSSR count). The Kier molecular flexibility index (Phi) is 4.65. The standard InChI is InChI=1S/C25H20F3NO3/c1-15-3-2-4-16(11-15)19-7-6-18(13-20(19)25(26,27)28)29-23(30)24(9-10-24)17-5-8-21-22(12-17)32-14-31-21/h2-8,11-13H,9-10,14H2,1H3,(H,29,30). The molecule has 32 heavy (non-hydrogen) atoms. The smallest absolute Gasteiger partial charge is 0.417 e. The molecule has 0 atom stereocenters. The van der Waals surface area contributed by atoms with Gasteiger partial charge in [-0.05, 0) is 60.7 Å². The molecule has 0 spiro atoms. The number of aryl methyl sites for hydroxylation is 1. The van der Waals surface area contributed by atoms with Crippen LogP contribution in [0.25, 0.3) is 11.1 Å². The number of amides is 1. The number of nitrogens with one attached hydrogen (secondary N) is 1. The van der Waals surface area contributed by atoms with Crippen LogP contribution >= 0.6 is 0 Å². The van der Waals surface area contributed by atoms with Gasteiger partial charge in [-0.1, -0.05) is 42.0 Å². The number of hydrogen-bond acceptors (Lipinski definition) is 3. The van der Waals surface area contributed by atoms with Gasteiger partial charge in [0.25, 0.3) is 0 Å². The van der Waals surface area contributed by atoms with Crippen molar-refractivity contribution in [3.05, 3.63) is 77.4 Å². The molecule has 164 valence electrons. The topological polar surface area (TPSA) is 47.6 Å². The van der Waals surface area contributed by atoms with Crippen molar-refractivity contribution in [1.29, 1.82) is 0 Å². The van der Waals surface area contributed by atoms with Gasteiger partial charge in [0.2, 0.25) is 12.7 Å². The van der Waals surface area contributed by atoms with Gasteiger partial charge in [-0.3, -0.25) is 4.79 Å². The summed E-state index contributed by atoms with van der Waals surface area (Å²) in [6.07, 6.45) is -3.33. The fraction of sp³-hybridized carbons (Fsp3) is 0.240. The minimum atomic E-state index is -4.56. The minimum absolute atomic E-state index is 0.0797. The van der Waals surface area contributed by atoms with E-state index in [0.29, 0.717) is 29.9 Å². The van der Waals surface area contributed by atoms with Crippen molar-refractivity contribution >= 4 is 11.6 Å². The van der Waals surface area contributed by atoms with Crippen molar-refractivity contribution in [3.8, 4) is 22.6 Å². The molecule has 1 N–H and O–H groups in total. The van der Waals surface area contributed by atoms with E-state index in [2.05, 4.69) is 5.32 Å². The molecule has 0 unspecified atom stereocenters. The van der Waals surface area contributed by atoms with E-state index in [9.17, 15) is 18.0 Å². The summed E-state index contributed by atoms with van der Waals surface area (Å²) in [7, 11) is 0. The minimum Gasteiger partial charge on any atom is -0.454 e. The van der Waals surface area contributed by atoms with E-state index < -0.39 is 17.2 Å². The van der Waals surface area contributed by atoms with Crippen LogP contribution in [0.5, 0.6) is 11.5 Å². The van der Waals surface area contributed by atoms with E-state index in [4.69, 9.17) is 9.47 Å². The first-order valence-electron chi connectivity index (χ1n) is 10.3. The Morgan fingerprint density at radius 1 is 0.969 bits per heavy atom. The van der Waals surface area contributed by atoms with Gasteiger partial charge in [-0.15, -0.1) is 0 Å². The number of carbonyl (C=O) groups is 1. The highest BCUT2D eigenvalue weighted by molar-refractivity contribution is 6.01. The zero-order valence-electron chi connectivity index (χ0n) is 17.3. The molecule has 1 heterocycles. The third-order valence-corrected chi connectivity index (χ3v) is 6.02. The molecule has 1 saturated carbocycles. The fourth-order valence-corrected chi connectivity index (χ4v) is 4.14. The molecule has 4 nitrogen and oxygen atoms in total. The third kappa shape index (κ3) is 3.57. The molecule has 0 bridgehead atoms. The highest BCUT2D eigenvalue weighted by atomic mass is 19.4. The van der Waals surface area contributed by atoms with Crippen molar-refractivity contribution in [2.45, 2.75) is 31.4 Å². The maximum Gasteiger partial charge on any atom is 0.417 e. The predicted octanol–water partition coefficient (Wildman–Crippen LogP) is 6.08. The van der Waals surface area contributed by atoms with Crippen LogP contribution in [-0.2, 0) is 16.4 Å². The average Bonchev–Trinajstić information content (AvgIpc) is 3.44. The lowest BCUT2D eigenvalue weighted by atomic mass is 9.94. The van der Waals surface area contributed by atoms with Crippen LogP contribution in [0.3, 0.4) is 0 Å². The summed E-state index contributed by atoms with van der Waals surface area (Å²) in [6, 6.07) is 16.2. The highest BCUT2D eigenvalue weighted by Crippen LogP contribution is 2.51. The summed E-state index contributed by atoms with van der Waals surface area (Å²) in [5.74, 6) is 0.864. The Labute approximate surface area is 183 Å². The number of alkyl halides is 3. The van der Waals surface area contributed by atoms with Crippen molar-refractivity contribution in [1.82, 2.24) is 0 Å². The van der Waals surface area contributed by atoms with Gasteiger partial charge < -0.3 is 14.8 Å². The molecule has 2 aliphatic rings. The molecule has 3 aromatic rings. The normalized spacial score (nSPS) is 16.0. The highest BCUT2D eigenvalue weighted by Gasteiger charge is 2.51. The Balaban J connectivity index is 1.45. The molecule has 1 fully saturated rings. The number of fused-ring (bicyclic) bond motifs is 1. The maximum absolute atomic E-state index is 13.9. The van der Waals surface area contributed by atoms with Gasteiger partial charge in [0, 0.05) is 5.69 Å². The van der Waals surface area contributed by atoms with E-state index in [1.807, 2.05) is 19.1 Å². The van der Waals surface area contributed by atoms with Crippen molar-refractivity contribution in [2.75, 3.05) is 12.1 Å². The molecular weight excluding hydrogens is 419 g/mol. The summed E-state index contributed by atoms with van der Waals surface area (Å²) in [6.45, 7) is 1.96. The number of hydrogen-bond donors (Lipinski definition) is 1. The van der Waals surface area contributed by atoms with Crippen LogP contribution in [0.15, 0.2) is 60.7 Å². The zero-order chi connectivity index (χ0) is 22.5. The molecule has 3 aromatic carbocycles. The van der Waals surface area contributed by atoms with Gasteiger partial charge in [-0.25, -0.2) is 0 Å². The average molecular weight is 439 g/mol. The van der Waals surface area contributed by atoms with E-state index in [1.165, 1.54) is 12.1 Å². The van der Waals surface area contributed by atoms with E-state index in [-0.39, 0.29) is 24.0 Å². The molecule has 0 radical (unpaired) electrons. The van der Waals surface area contributed by atoms with Crippen LogP contribution < -0.4 is 14.8 Å². The Bertz CT molecular complexity index is 1220. The number of benzene rings is 3. The van der Waals surface area contributed by atoms with Crippen LogP contribution in [0.2, 0.25) is 0 Å². The summed E-state index contributed by atoms with van der Waals surface area (Å²) in [5.41, 5.74) is 0.762. The van der Waals surface area contributed by atoms with Gasteiger partial charge in [0.1, 0.15) is 0 Å². The quantitative estimate of drug-likeness (QED) is 0.536. The largest absolute Gasteiger partial charge is 0.454 e. The lowest BCUT2D eigenvalue weighted by Gasteiger charge is -2.19. The SMILES string of the molecule is Cc1cccc(-c2ccc(NC(=O)C3(c4ccc5c(c4)OCO5)CC3)cc2C(F)(F)F)c1. The van der Waals surface area contributed by atoms with Gasteiger partial charge >= 0.3 is 6.18 Å². The van der Waals surface area contributed by atoms with E-state index in [1.54, 1.807) is 30.3 Å². The van der Waals surface area contributed by atoms with E-state index in [0.717, 1.165) is 17.2 Å². The molecule has 1 aliphatic carbocycles. The van der Waals surface area contributed by atoms with E-state index >= 15 is 0 Å². The molecule has 1 aliphatic heterocycles. The predicted molar refractivity (Wildman–Crippen MR) is 114 cm³/mol. The molecule has 0 aromatic heterocycles. The Morgan fingerprint density at radius 2 is 1.75 bits per heavy atom. The maximum atomic E-state index is 13.9. The van der Waals surface area contributed by atoms with Crippen LogP contribution in [0, 0.1) is 6.92 Å². The fourth-order valence-electron chi connectivity index (χ4n) is 4.14. The number of halogens is 3. The summed E-state index contributed by atoms with van der Waals surface area (Å²) >= 11 is 0. The first-order chi connectivity index (χ1) is 15.3. The number of anilines is 1. The van der Waals surface area contributed by atoms with Crippen molar-refractivity contribution < 1.29 is 27.4 Å². The zero-order valence-corrected chi connectivity index (χ0v) is 17.3. The van der Waals surface area contributed by atoms with Crippen molar-refractivity contribution in [2.24, 2.45) is 0 Å². The second-order valence-electron chi connectivity index (χ2n) is 8.23. The third-order valence-electron chi connectivity index (χ3n) is 6.02. The van der Waals surface area contributed by atoms with Gasteiger partial charge in [0.05, 0.1) is 11.0 Å². The Hall–Kier alpha value is -3.48.